The summed E-state index contributed by atoms with van der Waals surface area (Å²) >= 11 is 1.51. The Kier molecular flexibility index (Phi) is 11.1. The molecule has 0 aromatic carbocycles. The molecule has 1 unspecified atom stereocenters. The van der Waals surface area contributed by atoms with E-state index in [0.717, 1.165) is 16.2 Å². The lowest BCUT2D eigenvalue weighted by Gasteiger charge is -2.33. The first-order valence-corrected chi connectivity index (χ1v) is 10.5. The van der Waals surface area contributed by atoms with Crippen molar-refractivity contribution in [1.82, 2.24) is 4.90 Å². The molecule has 3 nitrogen and oxygen atoms in total. The highest BCUT2D eigenvalue weighted by atomic mass is 32.1. The van der Waals surface area contributed by atoms with E-state index in [9.17, 15) is 10.2 Å². The molecule has 0 aliphatic rings. The van der Waals surface area contributed by atoms with Crippen molar-refractivity contribution in [3.63, 3.8) is 0 Å². The molecule has 0 saturated carbocycles. The SMILES string of the molecule is CCCCCCCCCCC#Cc1ccc(C(O)(CCO)N(C)C)s1. The first kappa shape index (κ1) is 22.2. The van der Waals surface area contributed by atoms with Crippen molar-refractivity contribution in [2.45, 2.75) is 76.9 Å². The maximum Gasteiger partial charge on any atom is 0.155 e. The number of hydrogen-bond acceptors (Lipinski definition) is 4. The van der Waals surface area contributed by atoms with Gasteiger partial charge in [-0.25, -0.2) is 0 Å². The van der Waals surface area contributed by atoms with Crippen LogP contribution < -0.4 is 0 Å². The fraction of sp³-hybridized carbons (Fsp3) is 0.714. The van der Waals surface area contributed by atoms with E-state index in [1.807, 2.05) is 26.2 Å². The number of unbranched alkanes of at least 4 members (excludes halogenated alkanes) is 8. The van der Waals surface area contributed by atoms with Gasteiger partial charge in [-0.1, -0.05) is 63.7 Å². The Bertz CT molecular complexity index is 529. The van der Waals surface area contributed by atoms with Crippen molar-refractivity contribution < 1.29 is 10.2 Å². The van der Waals surface area contributed by atoms with Gasteiger partial charge >= 0.3 is 0 Å². The molecular weight excluding hydrogens is 330 g/mol. The monoisotopic (exact) mass is 365 g/mol. The second-order valence-corrected chi connectivity index (χ2v) is 7.96. The van der Waals surface area contributed by atoms with Gasteiger partial charge in [0.1, 0.15) is 0 Å². The summed E-state index contributed by atoms with van der Waals surface area (Å²) in [5.74, 6) is 6.47. The first-order valence-electron chi connectivity index (χ1n) is 9.64. The molecule has 4 heteroatoms. The summed E-state index contributed by atoms with van der Waals surface area (Å²) in [4.78, 5) is 3.56. The standard InChI is InChI=1S/C21H35NO2S/c1-4-5-6-7-8-9-10-11-12-13-14-19-15-16-20(25-19)21(24,17-18-23)22(2)3/h15-16,23-24H,4-12,17-18H2,1-3H3. The van der Waals surface area contributed by atoms with E-state index in [2.05, 4.69) is 18.8 Å². The van der Waals surface area contributed by atoms with Gasteiger partial charge in [-0.2, -0.15) is 0 Å². The lowest BCUT2D eigenvalue weighted by atomic mass is 10.1. The molecular formula is C21H35NO2S. The summed E-state index contributed by atoms with van der Waals surface area (Å²) in [6.45, 7) is 2.20. The number of nitrogens with zero attached hydrogens (tertiary/aromatic N) is 1. The Balaban J connectivity index is 2.35. The summed E-state index contributed by atoms with van der Waals surface area (Å²) in [6, 6.07) is 3.88. The zero-order valence-electron chi connectivity index (χ0n) is 16.2. The van der Waals surface area contributed by atoms with Gasteiger partial charge in [0.15, 0.2) is 5.72 Å². The normalized spacial score (nSPS) is 13.5. The summed E-state index contributed by atoms with van der Waals surface area (Å²) in [6.07, 6.45) is 11.8. The van der Waals surface area contributed by atoms with E-state index in [4.69, 9.17) is 0 Å². The smallest absolute Gasteiger partial charge is 0.155 e. The number of aliphatic hydroxyl groups excluding tert-OH is 1. The van der Waals surface area contributed by atoms with Crippen LogP contribution in [0.25, 0.3) is 0 Å². The predicted octanol–water partition coefficient (Wildman–Crippen LogP) is 4.72. The predicted molar refractivity (Wildman–Crippen MR) is 108 cm³/mol. The van der Waals surface area contributed by atoms with Gasteiger partial charge in [0.2, 0.25) is 0 Å². The van der Waals surface area contributed by atoms with Crippen molar-refractivity contribution in [3.8, 4) is 11.8 Å². The maximum absolute atomic E-state index is 10.7. The summed E-state index contributed by atoms with van der Waals surface area (Å²) < 4.78 is 0. The molecule has 0 saturated heterocycles. The van der Waals surface area contributed by atoms with Crippen LogP contribution in [-0.4, -0.2) is 35.8 Å². The zero-order valence-corrected chi connectivity index (χ0v) is 17.0. The second-order valence-electron chi connectivity index (χ2n) is 6.88. The minimum atomic E-state index is -1.11. The van der Waals surface area contributed by atoms with Crippen molar-refractivity contribution >= 4 is 11.3 Å². The van der Waals surface area contributed by atoms with Crippen molar-refractivity contribution in [2.75, 3.05) is 20.7 Å². The van der Waals surface area contributed by atoms with E-state index < -0.39 is 5.72 Å². The van der Waals surface area contributed by atoms with Gasteiger partial charge in [-0.3, -0.25) is 4.90 Å². The Morgan fingerprint density at radius 3 is 2.28 bits per heavy atom. The van der Waals surface area contributed by atoms with Gasteiger partial charge in [0, 0.05) is 19.4 Å². The van der Waals surface area contributed by atoms with Crippen LogP contribution in [0.3, 0.4) is 0 Å². The van der Waals surface area contributed by atoms with Gasteiger partial charge in [0.05, 0.1) is 9.75 Å². The van der Waals surface area contributed by atoms with E-state index in [1.165, 1.54) is 62.7 Å². The molecule has 1 rings (SSSR count). The quantitative estimate of drug-likeness (QED) is 0.320. The lowest BCUT2D eigenvalue weighted by Crippen LogP contribution is -2.41. The third kappa shape index (κ3) is 7.92. The molecule has 1 atom stereocenters. The van der Waals surface area contributed by atoms with Gasteiger partial charge in [-0.05, 0) is 32.6 Å². The van der Waals surface area contributed by atoms with Crippen LogP contribution in [0.5, 0.6) is 0 Å². The van der Waals surface area contributed by atoms with Crippen molar-refractivity contribution in [2.24, 2.45) is 0 Å². The minimum absolute atomic E-state index is 0.0496. The van der Waals surface area contributed by atoms with Crippen molar-refractivity contribution in [3.05, 3.63) is 21.9 Å². The third-order valence-electron chi connectivity index (χ3n) is 4.57. The molecule has 0 spiro atoms. The largest absolute Gasteiger partial charge is 0.396 e. The Labute approximate surface area is 158 Å². The molecule has 1 heterocycles. The zero-order chi connectivity index (χ0) is 18.5. The van der Waals surface area contributed by atoms with E-state index >= 15 is 0 Å². The van der Waals surface area contributed by atoms with Gasteiger partial charge < -0.3 is 10.2 Å². The molecule has 0 aliphatic heterocycles. The van der Waals surface area contributed by atoms with Crippen LogP contribution in [0.1, 0.15) is 80.9 Å². The second kappa shape index (κ2) is 12.5. The van der Waals surface area contributed by atoms with E-state index in [1.54, 1.807) is 4.90 Å². The van der Waals surface area contributed by atoms with E-state index in [0.29, 0.717) is 6.42 Å². The van der Waals surface area contributed by atoms with Crippen LogP contribution >= 0.6 is 11.3 Å². The third-order valence-corrected chi connectivity index (χ3v) is 5.71. The Morgan fingerprint density at radius 2 is 1.68 bits per heavy atom. The molecule has 0 fully saturated rings. The van der Waals surface area contributed by atoms with Crippen LogP contribution in [0.2, 0.25) is 0 Å². The van der Waals surface area contributed by atoms with Crippen molar-refractivity contribution in [1.29, 1.82) is 0 Å². The maximum atomic E-state index is 10.7. The van der Waals surface area contributed by atoms with E-state index in [-0.39, 0.29) is 6.61 Å². The molecule has 1 aromatic rings. The average Bonchev–Trinajstić information content (AvgIpc) is 3.06. The molecule has 142 valence electrons. The highest BCUT2D eigenvalue weighted by molar-refractivity contribution is 7.12. The number of aliphatic hydroxyl groups is 2. The molecule has 0 radical (unpaired) electrons. The van der Waals surface area contributed by atoms with Crippen LogP contribution in [-0.2, 0) is 5.72 Å². The van der Waals surface area contributed by atoms with Crippen LogP contribution in [0.15, 0.2) is 12.1 Å². The van der Waals surface area contributed by atoms with Crippen LogP contribution in [0.4, 0.5) is 0 Å². The Morgan fingerprint density at radius 1 is 1.04 bits per heavy atom. The van der Waals surface area contributed by atoms with Crippen LogP contribution in [0, 0.1) is 11.8 Å². The number of hydrogen-bond donors (Lipinski definition) is 2. The number of thiophene rings is 1. The van der Waals surface area contributed by atoms with Gasteiger partial charge in [0.25, 0.3) is 0 Å². The fourth-order valence-corrected chi connectivity index (χ4v) is 3.92. The van der Waals surface area contributed by atoms with Gasteiger partial charge in [-0.15, -0.1) is 11.3 Å². The molecule has 25 heavy (non-hydrogen) atoms. The molecule has 1 aromatic heterocycles. The lowest BCUT2D eigenvalue weighted by molar-refractivity contribution is -0.101. The molecule has 0 amide bonds. The number of rotatable bonds is 12. The minimum Gasteiger partial charge on any atom is -0.396 e. The fourth-order valence-electron chi connectivity index (χ4n) is 2.84. The average molecular weight is 366 g/mol. The topological polar surface area (TPSA) is 43.7 Å². The highest BCUT2D eigenvalue weighted by Gasteiger charge is 2.32. The Hall–Kier alpha value is -0.860. The summed E-state index contributed by atoms with van der Waals surface area (Å²) in [7, 11) is 3.64. The highest BCUT2D eigenvalue weighted by Crippen LogP contribution is 2.32. The molecule has 2 N–H and O–H groups in total. The summed E-state index contributed by atoms with van der Waals surface area (Å²) in [5.41, 5.74) is -1.11. The summed E-state index contributed by atoms with van der Waals surface area (Å²) in [5, 5.41) is 20.0. The molecule has 0 bridgehead atoms. The first-order chi connectivity index (χ1) is 12.0. The molecule has 0 aliphatic carbocycles.